The van der Waals surface area contributed by atoms with E-state index in [0.29, 0.717) is 0 Å². The standard InChI is InChI=1S/C50H30O2/c1-2-10-31(11-3-1)32-18-22-34(23-19-32)47-38-13-4-6-15-40(38)48(41-16-7-5-14-39(41)47)35-24-20-33(21-25-35)36-26-29-46-44(30-36)43-28-27-42-37-12-8-9-17-45(37)51-49(42)50(43)52-46/h1-30H. The first-order valence-electron chi connectivity index (χ1n) is 17.8. The van der Waals surface area contributed by atoms with Crippen LogP contribution in [0.2, 0.25) is 0 Å². The van der Waals surface area contributed by atoms with Crippen LogP contribution in [0, 0.1) is 0 Å². The Morgan fingerprint density at radius 3 is 1.17 bits per heavy atom. The number of hydrogen-bond acceptors (Lipinski definition) is 2. The summed E-state index contributed by atoms with van der Waals surface area (Å²) in [6, 6.07) is 65.3. The summed E-state index contributed by atoms with van der Waals surface area (Å²) in [5.74, 6) is 0. The number of fused-ring (bicyclic) bond motifs is 9. The lowest BCUT2D eigenvalue weighted by molar-refractivity contribution is 0.633. The van der Waals surface area contributed by atoms with Gasteiger partial charge in [-0.25, -0.2) is 0 Å². The number of rotatable bonds is 4. The maximum absolute atomic E-state index is 6.42. The Balaban J connectivity index is 1.02. The first kappa shape index (κ1) is 28.9. The molecule has 0 amide bonds. The van der Waals surface area contributed by atoms with E-state index in [2.05, 4.69) is 164 Å². The van der Waals surface area contributed by atoms with Crippen LogP contribution in [-0.2, 0) is 0 Å². The van der Waals surface area contributed by atoms with Crippen LogP contribution in [0.25, 0.3) is 110 Å². The average molecular weight is 663 g/mol. The van der Waals surface area contributed by atoms with Crippen LogP contribution in [0.3, 0.4) is 0 Å². The zero-order chi connectivity index (χ0) is 34.2. The molecule has 0 saturated carbocycles. The molecule has 52 heavy (non-hydrogen) atoms. The molecule has 0 unspecified atom stereocenters. The molecule has 0 saturated heterocycles. The van der Waals surface area contributed by atoms with Gasteiger partial charge < -0.3 is 8.83 Å². The second-order valence-corrected chi connectivity index (χ2v) is 13.6. The van der Waals surface area contributed by atoms with Crippen molar-refractivity contribution in [3.05, 3.63) is 182 Å². The van der Waals surface area contributed by atoms with Gasteiger partial charge >= 0.3 is 0 Å². The van der Waals surface area contributed by atoms with Crippen LogP contribution in [0.5, 0.6) is 0 Å². The fourth-order valence-electron chi connectivity index (χ4n) is 8.24. The predicted octanol–water partition coefficient (Wildman–Crippen LogP) is 14.5. The van der Waals surface area contributed by atoms with E-state index < -0.39 is 0 Å². The van der Waals surface area contributed by atoms with Gasteiger partial charge in [0.15, 0.2) is 11.2 Å². The Hall–Kier alpha value is -6.90. The van der Waals surface area contributed by atoms with E-state index in [0.717, 1.165) is 55.0 Å². The van der Waals surface area contributed by atoms with Gasteiger partial charge in [0.05, 0.1) is 0 Å². The molecule has 11 aromatic rings. The average Bonchev–Trinajstić information content (AvgIpc) is 3.79. The normalized spacial score (nSPS) is 11.8. The minimum atomic E-state index is 0.797. The number of furan rings is 2. The van der Waals surface area contributed by atoms with Crippen molar-refractivity contribution in [2.75, 3.05) is 0 Å². The van der Waals surface area contributed by atoms with Crippen LogP contribution >= 0.6 is 0 Å². The Morgan fingerprint density at radius 2 is 0.615 bits per heavy atom. The molecule has 0 N–H and O–H groups in total. The third-order valence-corrected chi connectivity index (χ3v) is 10.7. The quantitative estimate of drug-likeness (QED) is 0.175. The van der Waals surface area contributed by atoms with Gasteiger partial charge in [-0.05, 0) is 96.4 Å². The van der Waals surface area contributed by atoms with Crippen molar-refractivity contribution in [3.63, 3.8) is 0 Å². The third-order valence-electron chi connectivity index (χ3n) is 10.7. The summed E-state index contributed by atoms with van der Waals surface area (Å²) in [5.41, 5.74) is 13.0. The van der Waals surface area contributed by atoms with Crippen LogP contribution < -0.4 is 0 Å². The van der Waals surface area contributed by atoms with E-state index in [-0.39, 0.29) is 0 Å². The van der Waals surface area contributed by atoms with Gasteiger partial charge in [-0.2, -0.15) is 0 Å². The summed E-state index contributed by atoms with van der Waals surface area (Å²) in [5, 5.41) is 9.34. The molecule has 2 aromatic heterocycles. The molecule has 0 aliphatic rings. The van der Waals surface area contributed by atoms with Crippen molar-refractivity contribution in [2.24, 2.45) is 0 Å². The highest BCUT2D eigenvalue weighted by atomic mass is 16.4. The van der Waals surface area contributed by atoms with Gasteiger partial charge in [-0.3, -0.25) is 0 Å². The maximum atomic E-state index is 6.42. The molecule has 9 aromatic carbocycles. The molecule has 0 fully saturated rings. The van der Waals surface area contributed by atoms with E-state index in [1.165, 1.54) is 54.9 Å². The summed E-state index contributed by atoms with van der Waals surface area (Å²) in [6.45, 7) is 0. The van der Waals surface area contributed by atoms with Crippen molar-refractivity contribution in [2.45, 2.75) is 0 Å². The highest BCUT2D eigenvalue weighted by Crippen LogP contribution is 2.45. The second kappa shape index (κ2) is 11.3. The van der Waals surface area contributed by atoms with Crippen molar-refractivity contribution in [3.8, 4) is 44.5 Å². The molecule has 2 nitrogen and oxygen atoms in total. The highest BCUT2D eigenvalue weighted by molar-refractivity contribution is 6.22. The Labute approximate surface area is 299 Å². The number of para-hydroxylation sites is 1. The second-order valence-electron chi connectivity index (χ2n) is 13.6. The van der Waals surface area contributed by atoms with Crippen LogP contribution in [0.4, 0.5) is 0 Å². The molecule has 242 valence electrons. The van der Waals surface area contributed by atoms with E-state index in [1.807, 2.05) is 18.2 Å². The number of hydrogen-bond donors (Lipinski definition) is 0. The molecule has 0 aliphatic carbocycles. The summed E-state index contributed by atoms with van der Waals surface area (Å²) in [7, 11) is 0. The van der Waals surface area contributed by atoms with Crippen LogP contribution in [-0.4, -0.2) is 0 Å². The van der Waals surface area contributed by atoms with Crippen molar-refractivity contribution in [1.29, 1.82) is 0 Å². The van der Waals surface area contributed by atoms with Gasteiger partial charge in [0.2, 0.25) is 0 Å². The van der Waals surface area contributed by atoms with E-state index >= 15 is 0 Å². The Morgan fingerprint density at radius 1 is 0.231 bits per heavy atom. The summed E-state index contributed by atoms with van der Waals surface area (Å²) in [4.78, 5) is 0. The van der Waals surface area contributed by atoms with E-state index in [1.54, 1.807) is 0 Å². The molecule has 11 rings (SSSR count). The molecule has 0 radical (unpaired) electrons. The minimum Gasteiger partial charge on any atom is -0.452 e. The van der Waals surface area contributed by atoms with Crippen LogP contribution in [0.1, 0.15) is 0 Å². The lowest BCUT2D eigenvalue weighted by atomic mass is 9.85. The first-order valence-corrected chi connectivity index (χ1v) is 17.8. The van der Waals surface area contributed by atoms with Gasteiger partial charge in [-0.15, -0.1) is 0 Å². The highest BCUT2D eigenvalue weighted by Gasteiger charge is 2.18. The maximum Gasteiger partial charge on any atom is 0.178 e. The smallest absolute Gasteiger partial charge is 0.178 e. The van der Waals surface area contributed by atoms with Gasteiger partial charge in [0.1, 0.15) is 11.2 Å². The largest absolute Gasteiger partial charge is 0.452 e. The SMILES string of the molecule is c1ccc(-c2ccc(-c3c4ccccc4c(-c4ccc(-c5ccc6oc7c(ccc8c9ccccc9oc87)c6c5)cc4)c4ccccc34)cc2)cc1. The summed E-state index contributed by atoms with van der Waals surface area (Å²) in [6.07, 6.45) is 0. The molecule has 0 bridgehead atoms. The summed E-state index contributed by atoms with van der Waals surface area (Å²) < 4.78 is 12.7. The topological polar surface area (TPSA) is 26.3 Å². The Bertz CT molecular complexity index is 3090. The molecule has 2 heterocycles. The van der Waals surface area contributed by atoms with Gasteiger partial charge in [0.25, 0.3) is 0 Å². The molecular formula is C50H30O2. The monoisotopic (exact) mass is 662 g/mol. The fourth-order valence-corrected chi connectivity index (χ4v) is 8.24. The molecule has 0 aliphatic heterocycles. The first-order chi connectivity index (χ1) is 25.8. The van der Waals surface area contributed by atoms with Crippen molar-refractivity contribution < 1.29 is 8.83 Å². The zero-order valence-electron chi connectivity index (χ0n) is 28.1. The minimum absolute atomic E-state index is 0.797. The predicted molar refractivity (Wildman–Crippen MR) is 218 cm³/mol. The van der Waals surface area contributed by atoms with Gasteiger partial charge in [-0.1, -0.05) is 152 Å². The third kappa shape index (κ3) is 4.38. The zero-order valence-corrected chi connectivity index (χ0v) is 28.1. The van der Waals surface area contributed by atoms with E-state index in [9.17, 15) is 0 Å². The lowest BCUT2D eigenvalue weighted by Gasteiger charge is -2.18. The molecule has 0 spiro atoms. The Kier molecular flexibility index (Phi) is 6.28. The van der Waals surface area contributed by atoms with Gasteiger partial charge in [0, 0.05) is 21.5 Å². The van der Waals surface area contributed by atoms with Crippen LogP contribution in [0.15, 0.2) is 191 Å². The summed E-state index contributed by atoms with van der Waals surface area (Å²) >= 11 is 0. The molecule has 0 atom stereocenters. The molecule has 2 heteroatoms. The van der Waals surface area contributed by atoms with Crippen molar-refractivity contribution >= 4 is 65.4 Å². The fraction of sp³-hybridized carbons (Fsp3) is 0. The lowest BCUT2D eigenvalue weighted by Crippen LogP contribution is -1.91. The number of benzene rings is 9. The molecular weight excluding hydrogens is 633 g/mol. The van der Waals surface area contributed by atoms with Crippen molar-refractivity contribution in [1.82, 2.24) is 0 Å². The van der Waals surface area contributed by atoms with E-state index in [4.69, 9.17) is 8.83 Å².